The van der Waals surface area contributed by atoms with E-state index >= 15 is 0 Å². The van der Waals surface area contributed by atoms with Crippen molar-refractivity contribution >= 4 is 11.6 Å². The normalized spacial score (nSPS) is 10.3. The van der Waals surface area contributed by atoms with Crippen LogP contribution >= 0.6 is 0 Å². The monoisotopic (exact) mass is 269 g/mol. The Kier molecular flexibility index (Phi) is 4.45. The van der Waals surface area contributed by atoms with E-state index in [4.69, 9.17) is 0 Å². The van der Waals surface area contributed by atoms with Gasteiger partial charge in [0.2, 0.25) is 0 Å². The van der Waals surface area contributed by atoms with E-state index in [0.29, 0.717) is 23.6 Å². The number of Topliss-reactive ketones (excluding diaryl/α,β-unsaturated/α-hetero) is 1. The molecule has 104 valence electrons. The second-order valence-corrected chi connectivity index (χ2v) is 4.86. The molecule has 4 heteroatoms. The Labute approximate surface area is 119 Å². The Hall–Kier alpha value is -2.23. The molecular formula is C16H19N3O. The van der Waals surface area contributed by atoms with Crippen LogP contribution in [-0.2, 0) is 0 Å². The summed E-state index contributed by atoms with van der Waals surface area (Å²) < 4.78 is 0. The van der Waals surface area contributed by atoms with Crippen LogP contribution in [0.25, 0.3) is 11.4 Å². The van der Waals surface area contributed by atoms with E-state index in [1.54, 1.807) is 6.20 Å². The maximum Gasteiger partial charge on any atom is 0.168 e. The summed E-state index contributed by atoms with van der Waals surface area (Å²) in [5.41, 5.74) is 1.54. The third-order valence-electron chi connectivity index (χ3n) is 3.00. The fourth-order valence-corrected chi connectivity index (χ4v) is 2.00. The number of ketones is 1. The fourth-order valence-electron chi connectivity index (χ4n) is 2.00. The lowest BCUT2D eigenvalue weighted by Gasteiger charge is -2.16. The predicted molar refractivity (Wildman–Crippen MR) is 81.0 cm³/mol. The van der Waals surface area contributed by atoms with Gasteiger partial charge < -0.3 is 4.90 Å². The van der Waals surface area contributed by atoms with Crippen LogP contribution in [0.2, 0.25) is 0 Å². The van der Waals surface area contributed by atoms with Gasteiger partial charge in [0.25, 0.3) is 0 Å². The second-order valence-electron chi connectivity index (χ2n) is 4.86. The van der Waals surface area contributed by atoms with Crippen LogP contribution in [0.15, 0.2) is 36.5 Å². The van der Waals surface area contributed by atoms with Gasteiger partial charge in [-0.05, 0) is 6.42 Å². The minimum absolute atomic E-state index is 0.0933. The average Bonchev–Trinajstić information content (AvgIpc) is 2.47. The molecule has 0 bridgehead atoms. The highest BCUT2D eigenvalue weighted by atomic mass is 16.1. The highest BCUT2D eigenvalue weighted by Gasteiger charge is 2.16. The molecule has 4 nitrogen and oxygen atoms in total. The van der Waals surface area contributed by atoms with Crippen LogP contribution in [0, 0.1) is 0 Å². The molecule has 1 aromatic carbocycles. The summed E-state index contributed by atoms with van der Waals surface area (Å²) in [5, 5.41) is 0. The van der Waals surface area contributed by atoms with E-state index in [2.05, 4.69) is 9.97 Å². The first-order valence-electron chi connectivity index (χ1n) is 6.76. The molecule has 1 aromatic heterocycles. The highest BCUT2D eigenvalue weighted by molar-refractivity contribution is 6.00. The predicted octanol–water partition coefficient (Wildman–Crippen LogP) is 3.19. The van der Waals surface area contributed by atoms with E-state index in [9.17, 15) is 4.79 Å². The number of rotatable bonds is 5. The molecule has 2 aromatic rings. The van der Waals surface area contributed by atoms with E-state index in [1.165, 1.54) is 0 Å². The van der Waals surface area contributed by atoms with Gasteiger partial charge in [-0.1, -0.05) is 37.3 Å². The highest BCUT2D eigenvalue weighted by Crippen LogP contribution is 2.22. The lowest BCUT2D eigenvalue weighted by molar-refractivity contribution is 0.0981. The number of benzene rings is 1. The Morgan fingerprint density at radius 3 is 2.50 bits per heavy atom. The average molecular weight is 269 g/mol. The van der Waals surface area contributed by atoms with Crippen molar-refractivity contribution in [3.05, 3.63) is 42.1 Å². The molecule has 1 heterocycles. The standard InChI is InChI=1S/C16H19N3O/c1-4-8-14(20)13-11-17-15(18-16(13)19(2)3)12-9-6-5-7-10-12/h5-7,9-11H,4,8H2,1-3H3. The molecule has 0 aliphatic heterocycles. The number of carbonyl (C=O) groups excluding carboxylic acids is 1. The molecule has 0 radical (unpaired) electrons. The first-order chi connectivity index (χ1) is 9.63. The van der Waals surface area contributed by atoms with Gasteiger partial charge in [-0.25, -0.2) is 9.97 Å². The van der Waals surface area contributed by atoms with E-state index in [1.807, 2.05) is 56.3 Å². The van der Waals surface area contributed by atoms with Crippen LogP contribution < -0.4 is 4.90 Å². The number of nitrogens with zero attached hydrogens (tertiary/aromatic N) is 3. The Morgan fingerprint density at radius 2 is 1.90 bits per heavy atom. The Balaban J connectivity index is 2.45. The molecule has 0 saturated carbocycles. The third-order valence-corrected chi connectivity index (χ3v) is 3.00. The van der Waals surface area contributed by atoms with Gasteiger partial charge in [0.15, 0.2) is 11.6 Å². The molecule has 2 rings (SSSR count). The molecule has 0 amide bonds. The third kappa shape index (κ3) is 3.02. The zero-order valence-corrected chi connectivity index (χ0v) is 12.1. The summed E-state index contributed by atoms with van der Waals surface area (Å²) in [6.45, 7) is 1.99. The van der Waals surface area contributed by atoms with E-state index < -0.39 is 0 Å². The van der Waals surface area contributed by atoms with Crippen molar-refractivity contribution in [2.24, 2.45) is 0 Å². The smallest absolute Gasteiger partial charge is 0.168 e. The molecule has 0 fully saturated rings. The van der Waals surface area contributed by atoms with Gasteiger partial charge in [0, 0.05) is 32.3 Å². The molecule has 0 saturated heterocycles. The van der Waals surface area contributed by atoms with Gasteiger partial charge in [0.05, 0.1) is 5.56 Å². The lowest BCUT2D eigenvalue weighted by atomic mass is 10.1. The van der Waals surface area contributed by atoms with Crippen molar-refractivity contribution in [1.82, 2.24) is 9.97 Å². The maximum atomic E-state index is 12.1. The first-order valence-corrected chi connectivity index (χ1v) is 6.76. The Morgan fingerprint density at radius 1 is 1.20 bits per heavy atom. The summed E-state index contributed by atoms with van der Waals surface area (Å²) >= 11 is 0. The zero-order chi connectivity index (χ0) is 14.5. The topological polar surface area (TPSA) is 46.1 Å². The summed E-state index contributed by atoms with van der Waals surface area (Å²) in [7, 11) is 3.78. The summed E-state index contributed by atoms with van der Waals surface area (Å²) in [6, 6.07) is 9.77. The van der Waals surface area contributed by atoms with Crippen molar-refractivity contribution in [1.29, 1.82) is 0 Å². The van der Waals surface area contributed by atoms with Crippen molar-refractivity contribution in [2.75, 3.05) is 19.0 Å². The molecule has 0 N–H and O–H groups in total. The quantitative estimate of drug-likeness (QED) is 0.782. The largest absolute Gasteiger partial charge is 0.362 e. The van der Waals surface area contributed by atoms with Crippen molar-refractivity contribution in [3.8, 4) is 11.4 Å². The van der Waals surface area contributed by atoms with Crippen molar-refractivity contribution in [3.63, 3.8) is 0 Å². The first kappa shape index (κ1) is 14.2. The fraction of sp³-hybridized carbons (Fsp3) is 0.312. The van der Waals surface area contributed by atoms with Crippen molar-refractivity contribution < 1.29 is 4.79 Å². The summed E-state index contributed by atoms with van der Waals surface area (Å²) in [5.74, 6) is 1.41. The lowest BCUT2D eigenvalue weighted by Crippen LogP contribution is -2.17. The summed E-state index contributed by atoms with van der Waals surface area (Å²) in [6.07, 6.45) is 2.99. The Bertz CT molecular complexity index is 594. The molecule has 0 aliphatic rings. The number of hydrogen-bond donors (Lipinski definition) is 0. The van der Waals surface area contributed by atoms with Gasteiger partial charge in [-0.3, -0.25) is 4.79 Å². The molecule has 0 aliphatic carbocycles. The number of anilines is 1. The molecular weight excluding hydrogens is 250 g/mol. The zero-order valence-electron chi connectivity index (χ0n) is 12.1. The van der Waals surface area contributed by atoms with Gasteiger partial charge in [0.1, 0.15) is 5.82 Å². The maximum absolute atomic E-state index is 12.1. The van der Waals surface area contributed by atoms with Gasteiger partial charge in [-0.2, -0.15) is 0 Å². The van der Waals surface area contributed by atoms with Crippen LogP contribution in [0.3, 0.4) is 0 Å². The summed E-state index contributed by atoms with van der Waals surface area (Å²) in [4.78, 5) is 22.8. The van der Waals surface area contributed by atoms with Crippen LogP contribution in [0.5, 0.6) is 0 Å². The van der Waals surface area contributed by atoms with Crippen LogP contribution in [-0.4, -0.2) is 29.8 Å². The number of carbonyl (C=O) groups is 1. The van der Waals surface area contributed by atoms with Crippen molar-refractivity contribution in [2.45, 2.75) is 19.8 Å². The minimum Gasteiger partial charge on any atom is -0.362 e. The van der Waals surface area contributed by atoms with E-state index in [-0.39, 0.29) is 5.78 Å². The van der Waals surface area contributed by atoms with Crippen LogP contribution in [0.4, 0.5) is 5.82 Å². The molecule has 0 unspecified atom stereocenters. The molecule has 20 heavy (non-hydrogen) atoms. The van der Waals surface area contributed by atoms with Crippen LogP contribution in [0.1, 0.15) is 30.1 Å². The second kappa shape index (κ2) is 6.28. The van der Waals surface area contributed by atoms with E-state index in [0.717, 1.165) is 12.0 Å². The number of hydrogen-bond acceptors (Lipinski definition) is 4. The molecule has 0 atom stereocenters. The van der Waals surface area contributed by atoms with Gasteiger partial charge in [-0.15, -0.1) is 0 Å². The number of aromatic nitrogens is 2. The SMILES string of the molecule is CCCC(=O)c1cnc(-c2ccccc2)nc1N(C)C. The molecule has 0 spiro atoms. The minimum atomic E-state index is 0.0933. The van der Waals surface area contributed by atoms with Gasteiger partial charge >= 0.3 is 0 Å².